The van der Waals surface area contributed by atoms with Gasteiger partial charge in [0.05, 0.1) is 13.0 Å². The fourth-order valence-electron chi connectivity index (χ4n) is 2.18. The number of halogens is 4. The molecule has 0 aromatic heterocycles. The lowest BCUT2D eigenvalue weighted by molar-refractivity contribution is -0.146. The van der Waals surface area contributed by atoms with Crippen molar-refractivity contribution in [3.63, 3.8) is 0 Å². The van der Waals surface area contributed by atoms with Crippen molar-refractivity contribution in [1.82, 2.24) is 5.32 Å². The smallest absolute Gasteiger partial charge is 0.310 e. The van der Waals surface area contributed by atoms with Gasteiger partial charge in [-0.05, 0) is 19.3 Å². The maximum absolute atomic E-state index is 12.1. The van der Waals surface area contributed by atoms with Crippen molar-refractivity contribution in [2.75, 3.05) is 7.11 Å². The van der Waals surface area contributed by atoms with Gasteiger partial charge in [-0.15, -0.1) is 35.0 Å². The van der Waals surface area contributed by atoms with Gasteiger partial charge in [-0.1, -0.05) is 35.0 Å². The van der Waals surface area contributed by atoms with Crippen molar-refractivity contribution >= 4 is 58.8 Å². The Balaban J connectivity index is 4.74. The predicted molar refractivity (Wildman–Crippen MR) is 107 cm³/mol. The van der Waals surface area contributed by atoms with Gasteiger partial charge in [-0.3, -0.25) is 9.59 Å². The van der Waals surface area contributed by atoms with Crippen LogP contribution in [0.4, 0.5) is 0 Å². The van der Waals surface area contributed by atoms with Gasteiger partial charge in [-0.2, -0.15) is 0 Å². The first-order valence-electron chi connectivity index (χ1n) is 7.93. The molecule has 0 aliphatic rings. The summed E-state index contributed by atoms with van der Waals surface area (Å²) in [6.07, 6.45) is 5.12. The summed E-state index contributed by atoms with van der Waals surface area (Å²) in [6.45, 7) is 0. The zero-order valence-corrected chi connectivity index (χ0v) is 17.4. The molecule has 0 aliphatic carbocycles. The number of hydrogen-bond acceptors (Lipinski definition) is 3. The molecule has 0 saturated carbocycles. The molecule has 0 aromatic carbocycles. The molecule has 4 nitrogen and oxygen atoms in total. The fourth-order valence-corrected chi connectivity index (χ4v) is 2.44. The molecule has 0 aromatic rings. The summed E-state index contributed by atoms with van der Waals surface area (Å²) >= 11 is 22.1. The minimum atomic E-state index is -0.502. The van der Waals surface area contributed by atoms with Crippen LogP contribution in [-0.2, 0) is 14.3 Å². The number of carbonyl (C=O) groups excluding carboxylic acids is 2. The van der Waals surface area contributed by atoms with Crippen LogP contribution in [-0.4, -0.2) is 30.4 Å². The molecule has 0 spiro atoms. The Morgan fingerprint density at radius 2 is 1.88 bits per heavy atom. The third kappa shape index (κ3) is 13.2. The highest BCUT2D eigenvalue weighted by Gasteiger charge is 2.28. The highest BCUT2D eigenvalue weighted by molar-refractivity contribution is 6.56. The second kappa shape index (κ2) is 16.2. The van der Waals surface area contributed by atoms with E-state index < -0.39 is 16.7 Å². The molecule has 1 N–H and O–H groups in total. The fraction of sp³-hybridized carbons (Fsp3) is 0.556. The van der Waals surface area contributed by atoms with Gasteiger partial charge in [0.15, 0.2) is 0 Å². The van der Waals surface area contributed by atoms with Gasteiger partial charge in [0.1, 0.15) is 9.33 Å². The van der Waals surface area contributed by atoms with Crippen LogP contribution in [0.1, 0.15) is 38.5 Å². The van der Waals surface area contributed by atoms with Crippen molar-refractivity contribution < 1.29 is 14.3 Å². The lowest BCUT2D eigenvalue weighted by atomic mass is 9.91. The summed E-state index contributed by atoms with van der Waals surface area (Å²) in [4.78, 5) is 22.5. The normalized spacial score (nSPS) is 11.9. The number of rotatable bonds is 10. The third-order valence-corrected chi connectivity index (χ3v) is 3.86. The monoisotopic (exact) mass is 439 g/mol. The van der Waals surface area contributed by atoms with Gasteiger partial charge in [0, 0.05) is 31.4 Å². The summed E-state index contributed by atoms with van der Waals surface area (Å²) in [7, 11) is 1.31. The first-order valence-corrected chi connectivity index (χ1v) is 9.56. The van der Waals surface area contributed by atoms with Crippen LogP contribution in [0, 0.1) is 29.6 Å². The Labute approximate surface area is 174 Å². The molecule has 0 fully saturated rings. The maximum atomic E-state index is 12.1. The molecule has 2 unspecified atom stereocenters. The molecule has 0 rings (SSSR count). The standard InChI is InChI=1S/C18H21Cl4NO3/c1-26-18(25)14(9-5-4-8-12-17(21)22)15(23-13-24)10-6-2-3-7-11-16(19)20/h12-16H,2,5-6,9-11H2,1H3,(H,23,24). The van der Waals surface area contributed by atoms with Crippen LogP contribution in [0.2, 0.25) is 0 Å². The van der Waals surface area contributed by atoms with Crippen LogP contribution in [0.15, 0.2) is 10.6 Å². The predicted octanol–water partition coefficient (Wildman–Crippen LogP) is 4.36. The average Bonchev–Trinajstić information content (AvgIpc) is 2.59. The molecule has 0 bridgehead atoms. The molecule has 8 heteroatoms. The second-order valence-corrected chi connectivity index (χ2v) is 7.44. The van der Waals surface area contributed by atoms with E-state index >= 15 is 0 Å². The molecular formula is C18H21Cl4NO3. The average molecular weight is 441 g/mol. The number of nitrogens with one attached hydrogen (secondary N) is 1. The molecule has 0 radical (unpaired) electrons. The number of alkyl halides is 2. The highest BCUT2D eigenvalue weighted by atomic mass is 35.5. The quantitative estimate of drug-likeness (QED) is 0.180. The first-order chi connectivity index (χ1) is 12.4. The number of hydrogen-bond donors (Lipinski definition) is 1. The van der Waals surface area contributed by atoms with Crippen LogP contribution in [0.3, 0.4) is 0 Å². The SMILES string of the molecule is COC(=O)C(CCC#CC=C(Cl)Cl)C(CCCC#CCC(Cl)Cl)NC=O. The van der Waals surface area contributed by atoms with Crippen molar-refractivity contribution in [3.05, 3.63) is 10.6 Å². The van der Waals surface area contributed by atoms with E-state index in [1.165, 1.54) is 13.2 Å². The minimum Gasteiger partial charge on any atom is -0.469 e. The van der Waals surface area contributed by atoms with E-state index in [4.69, 9.17) is 51.1 Å². The van der Waals surface area contributed by atoms with E-state index in [0.29, 0.717) is 44.9 Å². The second-order valence-electron chi connectivity index (χ2n) is 5.16. The largest absolute Gasteiger partial charge is 0.469 e. The van der Waals surface area contributed by atoms with Gasteiger partial charge in [0.2, 0.25) is 6.41 Å². The lowest BCUT2D eigenvalue weighted by Gasteiger charge is -2.24. The van der Waals surface area contributed by atoms with Crippen molar-refractivity contribution in [2.24, 2.45) is 5.92 Å². The summed E-state index contributed by atoms with van der Waals surface area (Å²) < 4.78 is 4.92. The van der Waals surface area contributed by atoms with E-state index in [0.717, 1.165) is 0 Å². The van der Waals surface area contributed by atoms with Crippen LogP contribution < -0.4 is 5.32 Å². The Morgan fingerprint density at radius 1 is 1.15 bits per heavy atom. The van der Waals surface area contributed by atoms with E-state index in [9.17, 15) is 9.59 Å². The van der Waals surface area contributed by atoms with E-state index in [-0.39, 0.29) is 10.5 Å². The van der Waals surface area contributed by atoms with Crippen LogP contribution in [0.25, 0.3) is 0 Å². The minimum absolute atomic E-state index is 0.0679. The molecule has 2 atom stereocenters. The van der Waals surface area contributed by atoms with Crippen molar-refractivity contribution in [1.29, 1.82) is 0 Å². The lowest BCUT2D eigenvalue weighted by Crippen LogP contribution is -2.40. The molecule has 0 heterocycles. The number of unbranched alkanes of at least 4 members (excludes halogenated alkanes) is 1. The van der Waals surface area contributed by atoms with Gasteiger partial charge >= 0.3 is 5.97 Å². The number of esters is 1. The molecule has 1 amide bonds. The first kappa shape index (κ1) is 25.0. The number of allylic oxidation sites excluding steroid dienone is 1. The molecule has 0 saturated heterocycles. The summed E-state index contributed by atoms with van der Waals surface area (Å²) in [5, 5.41) is 2.69. The zero-order chi connectivity index (χ0) is 19.8. The Hall–Kier alpha value is -1.04. The van der Waals surface area contributed by atoms with E-state index in [1.807, 2.05) is 0 Å². The Kier molecular flexibility index (Phi) is 15.5. The summed E-state index contributed by atoms with van der Waals surface area (Å²) in [6, 6.07) is -0.357. The van der Waals surface area contributed by atoms with Gasteiger partial charge in [-0.25, -0.2) is 0 Å². The van der Waals surface area contributed by atoms with Crippen molar-refractivity contribution in [2.45, 2.75) is 49.4 Å². The molecular weight excluding hydrogens is 420 g/mol. The Bertz CT molecular complexity index is 581. The summed E-state index contributed by atoms with van der Waals surface area (Å²) in [5.74, 6) is 10.5. The number of methoxy groups -OCH3 is 1. The van der Waals surface area contributed by atoms with Gasteiger partial charge < -0.3 is 10.1 Å². The van der Waals surface area contributed by atoms with E-state index in [1.54, 1.807) is 0 Å². The van der Waals surface area contributed by atoms with Gasteiger partial charge in [0.25, 0.3) is 0 Å². The van der Waals surface area contributed by atoms with E-state index in [2.05, 4.69) is 29.0 Å². The number of ether oxygens (including phenoxy) is 1. The maximum Gasteiger partial charge on any atom is 0.310 e. The number of amides is 1. The summed E-state index contributed by atoms with van der Waals surface area (Å²) in [5.41, 5.74) is 0. The zero-order valence-electron chi connectivity index (χ0n) is 14.4. The van der Waals surface area contributed by atoms with Crippen LogP contribution in [0.5, 0.6) is 0 Å². The Morgan fingerprint density at radius 3 is 2.46 bits per heavy atom. The molecule has 26 heavy (non-hydrogen) atoms. The highest BCUT2D eigenvalue weighted by Crippen LogP contribution is 2.18. The third-order valence-electron chi connectivity index (χ3n) is 3.33. The molecule has 144 valence electrons. The number of carbonyl (C=O) groups is 2. The van der Waals surface area contributed by atoms with Crippen LogP contribution >= 0.6 is 46.4 Å². The topological polar surface area (TPSA) is 55.4 Å². The molecule has 0 aliphatic heterocycles. The van der Waals surface area contributed by atoms with Crippen molar-refractivity contribution in [3.8, 4) is 23.7 Å².